The van der Waals surface area contributed by atoms with E-state index in [1.165, 1.54) is 18.2 Å². The van der Waals surface area contributed by atoms with E-state index in [9.17, 15) is 4.79 Å². The number of carboxylic acids is 1. The van der Waals surface area contributed by atoms with Gasteiger partial charge in [-0.3, -0.25) is 0 Å². The van der Waals surface area contributed by atoms with Crippen molar-refractivity contribution >= 4 is 17.6 Å². The van der Waals surface area contributed by atoms with Crippen molar-refractivity contribution in [1.82, 2.24) is 0 Å². The summed E-state index contributed by atoms with van der Waals surface area (Å²) in [5, 5.41) is 9.48. The Bertz CT molecular complexity index is 593. The minimum atomic E-state index is -1.07. The van der Waals surface area contributed by atoms with Crippen LogP contribution in [0, 0.1) is 0 Å². The first-order chi connectivity index (χ1) is 9.10. The Labute approximate surface area is 115 Å². The van der Waals surface area contributed by atoms with Crippen molar-refractivity contribution in [1.29, 1.82) is 0 Å². The van der Waals surface area contributed by atoms with Crippen molar-refractivity contribution < 1.29 is 19.4 Å². The van der Waals surface area contributed by atoms with Crippen LogP contribution < -0.4 is 9.47 Å². The number of carbonyl (C=O) groups is 1. The van der Waals surface area contributed by atoms with E-state index in [4.69, 9.17) is 26.2 Å². The summed E-state index contributed by atoms with van der Waals surface area (Å²) in [7, 11) is 1.56. The number of aromatic carboxylic acids is 1. The molecule has 2 aromatic rings. The Kier molecular flexibility index (Phi) is 3.92. The van der Waals surface area contributed by atoms with Gasteiger partial charge in [0.2, 0.25) is 0 Å². The Balaban J connectivity index is 2.31. The summed E-state index contributed by atoms with van der Waals surface area (Å²) in [5.41, 5.74) is 0.0558. The normalized spacial score (nSPS) is 10.0. The van der Waals surface area contributed by atoms with Gasteiger partial charge in [0.1, 0.15) is 22.8 Å². The third-order valence-electron chi connectivity index (χ3n) is 2.46. The zero-order chi connectivity index (χ0) is 13.8. The van der Waals surface area contributed by atoms with Crippen LogP contribution in [-0.4, -0.2) is 18.2 Å². The fourth-order valence-electron chi connectivity index (χ4n) is 1.53. The van der Waals surface area contributed by atoms with Gasteiger partial charge in [0.05, 0.1) is 7.11 Å². The van der Waals surface area contributed by atoms with Crippen molar-refractivity contribution in [3.63, 3.8) is 0 Å². The lowest BCUT2D eigenvalue weighted by Crippen LogP contribution is -1.99. The molecule has 1 N–H and O–H groups in total. The van der Waals surface area contributed by atoms with Gasteiger partial charge in [-0.2, -0.15) is 0 Å². The molecular formula is C14H11ClO4. The molecule has 0 saturated carbocycles. The molecule has 0 heterocycles. The molecule has 19 heavy (non-hydrogen) atoms. The lowest BCUT2D eigenvalue weighted by atomic mass is 10.2. The zero-order valence-corrected chi connectivity index (χ0v) is 10.8. The molecule has 0 aromatic heterocycles. The van der Waals surface area contributed by atoms with Crippen LogP contribution in [0.2, 0.25) is 5.02 Å². The number of methoxy groups -OCH3 is 1. The summed E-state index contributed by atoms with van der Waals surface area (Å²) < 4.78 is 10.6. The minimum absolute atomic E-state index is 0.0558. The van der Waals surface area contributed by atoms with Gasteiger partial charge in [-0.25, -0.2) is 4.79 Å². The average Bonchev–Trinajstić information content (AvgIpc) is 2.39. The Morgan fingerprint density at radius 2 is 1.74 bits per heavy atom. The van der Waals surface area contributed by atoms with Crippen LogP contribution >= 0.6 is 11.6 Å². The molecule has 0 saturated heterocycles. The van der Waals surface area contributed by atoms with Gasteiger partial charge in [-0.05, 0) is 36.4 Å². The predicted octanol–water partition coefficient (Wildman–Crippen LogP) is 3.84. The number of carboxylic acid groups (broad SMARTS) is 1. The maximum Gasteiger partial charge on any atom is 0.339 e. The highest BCUT2D eigenvalue weighted by Gasteiger charge is 2.12. The SMILES string of the molecule is COc1ccc(Oc2cc(Cl)ccc2C(=O)O)cc1. The lowest BCUT2D eigenvalue weighted by Gasteiger charge is -2.09. The molecule has 0 atom stereocenters. The summed E-state index contributed by atoms with van der Waals surface area (Å²) in [6, 6.07) is 11.2. The molecule has 4 nitrogen and oxygen atoms in total. The molecular weight excluding hydrogens is 268 g/mol. The van der Waals surface area contributed by atoms with Crippen LogP contribution in [0.25, 0.3) is 0 Å². The average molecular weight is 279 g/mol. The van der Waals surface area contributed by atoms with Crippen LogP contribution in [0.4, 0.5) is 0 Å². The Morgan fingerprint density at radius 3 is 2.32 bits per heavy atom. The van der Waals surface area contributed by atoms with Crippen molar-refractivity contribution in [2.45, 2.75) is 0 Å². The summed E-state index contributed by atoms with van der Waals surface area (Å²) >= 11 is 5.84. The highest BCUT2D eigenvalue weighted by molar-refractivity contribution is 6.30. The number of benzene rings is 2. The maximum absolute atomic E-state index is 11.1. The monoisotopic (exact) mass is 278 g/mol. The van der Waals surface area contributed by atoms with Gasteiger partial charge in [0.25, 0.3) is 0 Å². The van der Waals surface area contributed by atoms with Gasteiger partial charge >= 0.3 is 5.97 Å². The third kappa shape index (κ3) is 3.17. The van der Waals surface area contributed by atoms with E-state index in [1.54, 1.807) is 31.4 Å². The van der Waals surface area contributed by atoms with Crippen LogP contribution in [0.5, 0.6) is 17.2 Å². The van der Waals surface area contributed by atoms with Crippen LogP contribution in [0.1, 0.15) is 10.4 Å². The topological polar surface area (TPSA) is 55.8 Å². The molecule has 2 rings (SSSR count). The largest absolute Gasteiger partial charge is 0.497 e. The minimum Gasteiger partial charge on any atom is -0.497 e. The summed E-state index contributed by atoms with van der Waals surface area (Å²) in [5.74, 6) is 0.327. The van der Waals surface area contributed by atoms with Gasteiger partial charge in [0.15, 0.2) is 0 Å². The Morgan fingerprint density at radius 1 is 1.11 bits per heavy atom. The molecule has 98 valence electrons. The van der Waals surface area contributed by atoms with Crippen molar-refractivity contribution in [3.8, 4) is 17.2 Å². The Hall–Kier alpha value is -2.20. The molecule has 0 spiro atoms. The fraction of sp³-hybridized carbons (Fsp3) is 0.0714. The molecule has 0 amide bonds. The fourth-order valence-corrected chi connectivity index (χ4v) is 1.69. The maximum atomic E-state index is 11.1. The summed E-state index contributed by atoms with van der Waals surface area (Å²) in [4.78, 5) is 11.1. The van der Waals surface area contributed by atoms with Crippen LogP contribution in [0.3, 0.4) is 0 Å². The number of rotatable bonds is 4. The van der Waals surface area contributed by atoms with E-state index >= 15 is 0 Å². The van der Waals surface area contributed by atoms with E-state index in [-0.39, 0.29) is 11.3 Å². The molecule has 0 bridgehead atoms. The van der Waals surface area contributed by atoms with Crippen LogP contribution in [0.15, 0.2) is 42.5 Å². The smallest absolute Gasteiger partial charge is 0.339 e. The molecule has 0 aliphatic carbocycles. The van der Waals surface area contributed by atoms with Gasteiger partial charge < -0.3 is 14.6 Å². The standard InChI is InChI=1S/C14H11ClO4/c1-18-10-3-5-11(6-4-10)19-13-8-9(15)2-7-12(13)14(16)17/h2-8H,1H3,(H,16,17). The van der Waals surface area contributed by atoms with Crippen LogP contribution in [-0.2, 0) is 0 Å². The van der Waals surface area contributed by atoms with Gasteiger partial charge in [-0.1, -0.05) is 11.6 Å². The molecule has 5 heteroatoms. The molecule has 0 unspecified atom stereocenters. The van der Waals surface area contributed by atoms with E-state index in [0.29, 0.717) is 16.5 Å². The second-order valence-electron chi connectivity index (χ2n) is 3.72. The lowest BCUT2D eigenvalue weighted by molar-refractivity contribution is 0.0694. The molecule has 0 aliphatic heterocycles. The third-order valence-corrected chi connectivity index (χ3v) is 2.70. The molecule has 0 fully saturated rings. The molecule has 2 aromatic carbocycles. The van der Waals surface area contributed by atoms with E-state index in [1.807, 2.05) is 0 Å². The van der Waals surface area contributed by atoms with E-state index in [0.717, 1.165) is 0 Å². The summed E-state index contributed by atoms with van der Waals surface area (Å²) in [6.07, 6.45) is 0. The van der Waals surface area contributed by atoms with Crippen molar-refractivity contribution in [2.24, 2.45) is 0 Å². The molecule has 0 aliphatic rings. The zero-order valence-electron chi connectivity index (χ0n) is 10.1. The predicted molar refractivity (Wildman–Crippen MR) is 71.5 cm³/mol. The van der Waals surface area contributed by atoms with Crippen molar-refractivity contribution in [2.75, 3.05) is 7.11 Å². The first-order valence-corrected chi connectivity index (χ1v) is 5.82. The van der Waals surface area contributed by atoms with Crippen molar-refractivity contribution in [3.05, 3.63) is 53.1 Å². The van der Waals surface area contributed by atoms with E-state index in [2.05, 4.69) is 0 Å². The number of ether oxygens (including phenoxy) is 2. The number of hydrogen-bond acceptors (Lipinski definition) is 3. The molecule has 0 radical (unpaired) electrons. The first kappa shape index (κ1) is 13.2. The summed E-state index contributed by atoms with van der Waals surface area (Å²) in [6.45, 7) is 0. The highest BCUT2D eigenvalue weighted by atomic mass is 35.5. The quantitative estimate of drug-likeness (QED) is 0.923. The highest BCUT2D eigenvalue weighted by Crippen LogP contribution is 2.29. The number of hydrogen-bond donors (Lipinski definition) is 1. The van der Waals surface area contributed by atoms with E-state index < -0.39 is 5.97 Å². The second-order valence-corrected chi connectivity index (χ2v) is 4.16. The van der Waals surface area contributed by atoms with Gasteiger partial charge in [-0.15, -0.1) is 0 Å². The van der Waals surface area contributed by atoms with Gasteiger partial charge in [0, 0.05) is 11.1 Å². The first-order valence-electron chi connectivity index (χ1n) is 5.45. The number of halogens is 1. The second kappa shape index (κ2) is 5.63.